The number of ether oxygens (including phenoxy) is 3. The lowest BCUT2D eigenvalue weighted by Gasteiger charge is -2.12. The second kappa shape index (κ2) is 10.5. The highest BCUT2D eigenvalue weighted by molar-refractivity contribution is 5.87. The van der Waals surface area contributed by atoms with Crippen molar-refractivity contribution in [3.63, 3.8) is 0 Å². The number of aromatic nitrogens is 1. The molecule has 0 bridgehead atoms. The monoisotopic (exact) mass is 442 g/mol. The van der Waals surface area contributed by atoms with E-state index in [9.17, 15) is 4.79 Å². The van der Waals surface area contributed by atoms with Gasteiger partial charge in [0.15, 0.2) is 0 Å². The van der Waals surface area contributed by atoms with Crippen LogP contribution in [0.5, 0.6) is 23.0 Å². The van der Waals surface area contributed by atoms with Crippen molar-refractivity contribution in [2.24, 2.45) is 0 Å². The number of hydrogen-bond donors (Lipinski definition) is 1. The molecule has 0 atom stereocenters. The molecule has 33 heavy (non-hydrogen) atoms. The fourth-order valence-corrected chi connectivity index (χ4v) is 3.55. The Morgan fingerprint density at radius 2 is 1.70 bits per heavy atom. The molecule has 0 saturated carbocycles. The Labute approximate surface area is 193 Å². The quantitative estimate of drug-likeness (QED) is 0.366. The van der Waals surface area contributed by atoms with Gasteiger partial charge < -0.3 is 19.5 Å². The van der Waals surface area contributed by atoms with Gasteiger partial charge in [-0.3, -0.25) is 4.98 Å². The zero-order valence-corrected chi connectivity index (χ0v) is 18.7. The molecule has 0 fully saturated rings. The third-order valence-corrected chi connectivity index (χ3v) is 5.27. The van der Waals surface area contributed by atoms with E-state index in [1.807, 2.05) is 48.5 Å². The van der Waals surface area contributed by atoms with Gasteiger partial charge in [0.25, 0.3) is 0 Å². The van der Waals surface area contributed by atoms with E-state index in [0.29, 0.717) is 23.8 Å². The van der Waals surface area contributed by atoms with Gasteiger partial charge in [-0.1, -0.05) is 37.3 Å². The zero-order valence-electron chi connectivity index (χ0n) is 18.7. The molecule has 1 N–H and O–H groups in total. The number of amides is 1. The third kappa shape index (κ3) is 5.60. The van der Waals surface area contributed by atoms with Crippen LogP contribution in [0.2, 0.25) is 0 Å². The van der Waals surface area contributed by atoms with Crippen molar-refractivity contribution in [1.82, 2.24) is 10.3 Å². The molecule has 168 valence electrons. The summed E-state index contributed by atoms with van der Waals surface area (Å²) in [5.74, 6) is 2.59. The van der Waals surface area contributed by atoms with E-state index in [4.69, 9.17) is 14.2 Å². The Morgan fingerprint density at radius 3 is 2.42 bits per heavy atom. The summed E-state index contributed by atoms with van der Waals surface area (Å²) in [6.45, 7) is 2.58. The maximum Gasteiger partial charge on any atom is 0.412 e. The summed E-state index contributed by atoms with van der Waals surface area (Å²) in [5, 5.41) is 3.68. The number of benzene rings is 3. The maximum atomic E-state index is 12.1. The molecule has 1 aromatic heterocycles. The van der Waals surface area contributed by atoms with Gasteiger partial charge in [0.2, 0.25) is 0 Å². The predicted octanol–water partition coefficient (Wildman–Crippen LogP) is 5.93. The van der Waals surface area contributed by atoms with Crippen LogP contribution in [-0.4, -0.2) is 24.7 Å². The minimum atomic E-state index is -0.485. The van der Waals surface area contributed by atoms with Crippen LogP contribution < -0.4 is 19.5 Å². The van der Waals surface area contributed by atoms with Crippen molar-refractivity contribution in [2.75, 3.05) is 13.7 Å². The maximum absolute atomic E-state index is 12.1. The average Bonchev–Trinajstić information content (AvgIpc) is 2.85. The Kier molecular flexibility index (Phi) is 7.05. The lowest BCUT2D eigenvalue weighted by Crippen LogP contribution is -2.28. The smallest absolute Gasteiger partial charge is 0.412 e. The molecule has 0 unspecified atom stereocenters. The average molecular weight is 443 g/mol. The van der Waals surface area contributed by atoms with Crippen molar-refractivity contribution >= 4 is 17.0 Å². The van der Waals surface area contributed by atoms with E-state index >= 15 is 0 Å². The lowest BCUT2D eigenvalue weighted by molar-refractivity contribution is 0.200. The summed E-state index contributed by atoms with van der Waals surface area (Å²) in [7, 11) is 1.66. The Balaban J connectivity index is 1.38. The highest BCUT2D eigenvalue weighted by atomic mass is 16.6. The van der Waals surface area contributed by atoms with Crippen molar-refractivity contribution < 1.29 is 19.0 Å². The van der Waals surface area contributed by atoms with Crippen LogP contribution in [0.3, 0.4) is 0 Å². The van der Waals surface area contributed by atoms with Crippen LogP contribution in [0.25, 0.3) is 10.9 Å². The van der Waals surface area contributed by atoms with Gasteiger partial charge in [0.05, 0.1) is 12.6 Å². The third-order valence-electron chi connectivity index (χ3n) is 5.27. The number of aryl methyl sites for hydroxylation is 1. The summed E-state index contributed by atoms with van der Waals surface area (Å²) >= 11 is 0. The fraction of sp³-hybridized carbons (Fsp3) is 0.185. The molecule has 3 aromatic carbocycles. The first-order valence-corrected chi connectivity index (χ1v) is 10.9. The van der Waals surface area contributed by atoms with Crippen molar-refractivity contribution in [3.8, 4) is 23.0 Å². The van der Waals surface area contributed by atoms with E-state index in [-0.39, 0.29) is 0 Å². The molecule has 0 saturated heterocycles. The number of methoxy groups -OCH3 is 1. The highest BCUT2D eigenvalue weighted by Gasteiger charge is 2.11. The lowest BCUT2D eigenvalue weighted by atomic mass is 10.1. The fourth-order valence-electron chi connectivity index (χ4n) is 3.55. The first-order valence-electron chi connectivity index (χ1n) is 10.9. The number of pyridine rings is 1. The first kappa shape index (κ1) is 22.1. The van der Waals surface area contributed by atoms with Gasteiger partial charge in [-0.25, -0.2) is 4.79 Å². The van der Waals surface area contributed by atoms with Crippen molar-refractivity contribution in [3.05, 3.63) is 90.1 Å². The summed E-state index contributed by atoms with van der Waals surface area (Å²) in [5.41, 5.74) is 3.05. The van der Waals surface area contributed by atoms with Gasteiger partial charge in [0, 0.05) is 24.2 Å². The molecule has 1 amide bonds. The van der Waals surface area contributed by atoms with Crippen LogP contribution >= 0.6 is 0 Å². The number of nitrogens with zero attached hydrogens (tertiary/aromatic N) is 1. The Hall–Kier alpha value is -4.06. The molecule has 0 radical (unpaired) electrons. The van der Waals surface area contributed by atoms with E-state index in [1.54, 1.807) is 37.6 Å². The van der Waals surface area contributed by atoms with Gasteiger partial charge in [0.1, 0.15) is 23.0 Å². The predicted molar refractivity (Wildman–Crippen MR) is 128 cm³/mol. The van der Waals surface area contributed by atoms with Crippen LogP contribution in [0, 0.1) is 0 Å². The number of carbonyl (C=O) groups excluding carboxylic acids is 1. The molecule has 4 aromatic rings. The number of hydrogen-bond acceptors (Lipinski definition) is 5. The second-order valence-corrected chi connectivity index (χ2v) is 7.47. The number of nitrogens with one attached hydrogen (secondary N) is 1. The molecule has 4 rings (SSSR count). The Bertz CT molecular complexity index is 1220. The van der Waals surface area contributed by atoms with Gasteiger partial charge in [-0.05, 0) is 60.4 Å². The first-order chi connectivity index (χ1) is 16.2. The standard InChI is InChI=1S/C27H26N2O4/c1-3-20-17-23-24(18-26(20)31-2)28-16-14-25(23)32-21-9-11-22(12-10-21)33-27(30)29-15-13-19-7-5-4-6-8-19/h4-12,14,16-18H,3,13,15H2,1-2H3,(H,29,30). The SMILES string of the molecule is CCc1cc2c(Oc3ccc(OC(=O)NCCc4ccccc4)cc3)ccnc2cc1OC. The van der Waals surface area contributed by atoms with E-state index in [1.165, 1.54) is 0 Å². The highest BCUT2D eigenvalue weighted by Crippen LogP contribution is 2.33. The number of fused-ring (bicyclic) bond motifs is 1. The second-order valence-electron chi connectivity index (χ2n) is 7.47. The molecule has 0 aliphatic carbocycles. The summed E-state index contributed by atoms with van der Waals surface area (Å²) < 4.78 is 16.9. The van der Waals surface area contributed by atoms with Crippen LogP contribution in [-0.2, 0) is 12.8 Å². The van der Waals surface area contributed by atoms with Crippen LogP contribution in [0.15, 0.2) is 79.0 Å². The molecule has 0 spiro atoms. The summed E-state index contributed by atoms with van der Waals surface area (Å²) in [4.78, 5) is 16.5. The van der Waals surface area contributed by atoms with Crippen molar-refractivity contribution in [1.29, 1.82) is 0 Å². The molecule has 1 heterocycles. The summed E-state index contributed by atoms with van der Waals surface area (Å²) in [6, 6.07) is 22.7. The van der Waals surface area contributed by atoms with E-state index in [2.05, 4.69) is 17.2 Å². The van der Waals surface area contributed by atoms with Gasteiger partial charge in [-0.15, -0.1) is 0 Å². The molecule has 6 heteroatoms. The summed E-state index contributed by atoms with van der Waals surface area (Å²) in [6.07, 6.45) is 2.81. The van der Waals surface area contributed by atoms with E-state index < -0.39 is 6.09 Å². The topological polar surface area (TPSA) is 69.7 Å². The van der Waals surface area contributed by atoms with E-state index in [0.717, 1.165) is 40.6 Å². The van der Waals surface area contributed by atoms with Gasteiger partial charge >= 0.3 is 6.09 Å². The number of carbonyl (C=O) groups is 1. The number of rotatable bonds is 8. The molecule has 6 nitrogen and oxygen atoms in total. The minimum Gasteiger partial charge on any atom is -0.496 e. The minimum absolute atomic E-state index is 0.442. The molecule has 0 aliphatic rings. The van der Waals surface area contributed by atoms with Crippen LogP contribution in [0.4, 0.5) is 4.79 Å². The molecule has 0 aliphatic heterocycles. The largest absolute Gasteiger partial charge is 0.496 e. The molecular formula is C27H26N2O4. The zero-order chi connectivity index (χ0) is 23.0. The normalized spacial score (nSPS) is 10.6. The van der Waals surface area contributed by atoms with Gasteiger partial charge in [-0.2, -0.15) is 0 Å². The van der Waals surface area contributed by atoms with Crippen LogP contribution in [0.1, 0.15) is 18.1 Å². The van der Waals surface area contributed by atoms with Crippen molar-refractivity contribution in [2.45, 2.75) is 19.8 Å². The Morgan fingerprint density at radius 1 is 0.939 bits per heavy atom. The molecular weight excluding hydrogens is 416 g/mol.